The molecule has 1 aliphatic carbocycles. The minimum atomic E-state index is -0.372. The van der Waals surface area contributed by atoms with Gasteiger partial charge in [-0.25, -0.2) is 19.3 Å². The molecule has 0 atom stereocenters. The Bertz CT molecular complexity index is 566. The average molecular weight is 265 g/mol. The van der Waals surface area contributed by atoms with Crippen LogP contribution < -0.4 is 0 Å². The molecule has 0 saturated heterocycles. The van der Waals surface area contributed by atoms with Crippen LogP contribution in [0.1, 0.15) is 37.2 Å². The van der Waals surface area contributed by atoms with Gasteiger partial charge in [0.25, 0.3) is 0 Å². The number of aromatic amines is 1. The third-order valence-electron chi connectivity index (χ3n) is 2.80. The fourth-order valence-corrected chi connectivity index (χ4v) is 2.35. The first-order chi connectivity index (χ1) is 8.78. The van der Waals surface area contributed by atoms with Crippen LogP contribution in [0.5, 0.6) is 0 Å². The van der Waals surface area contributed by atoms with Gasteiger partial charge in [0.2, 0.25) is 5.16 Å². The molecular weight excluding hydrogens is 253 g/mol. The zero-order valence-corrected chi connectivity index (χ0v) is 10.7. The van der Waals surface area contributed by atoms with Gasteiger partial charge >= 0.3 is 0 Å². The first-order valence-corrected chi connectivity index (χ1v) is 6.69. The van der Waals surface area contributed by atoms with Crippen LogP contribution in [0.15, 0.2) is 16.5 Å². The number of aromatic nitrogens is 5. The maximum atomic E-state index is 13.9. The lowest BCUT2D eigenvalue weighted by Gasteiger charge is -2.01. The maximum Gasteiger partial charge on any atom is 0.214 e. The van der Waals surface area contributed by atoms with Crippen molar-refractivity contribution in [3.8, 4) is 0 Å². The highest BCUT2D eigenvalue weighted by molar-refractivity contribution is 7.99. The predicted molar refractivity (Wildman–Crippen MR) is 63.8 cm³/mol. The van der Waals surface area contributed by atoms with Crippen LogP contribution in [0.25, 0.3) is 0 Å². The summed E-state index contributed by atoms with van der Waals surface area (Å²) in [6.45, 7) is 1.86. The maximum absolute atomic E-state index is 13.9. The molecule has 0 aromatic carbocycles. The summed E-state index contributed by atoms with van der Waals surface area (Å²) in [6.07, 6.45) is 4.23. The van der Waals surface area contributed by atoms with Crippen LogP contribution in [0.2, 0.25) is 0 Å². The molecule has 94 valence electrons. The van der Waals surface area contributed by atoms with Gasteiger partial charge in [-0.3, -0.25) is 5.10 Å². The van der Waals surface area contributed by atoms with Gasteiger partial charge < -0.3 is 0 Å². The topological polar surface area (TPSA) is 67.3 Å². The lowest BCUT2D eigenvalue weighted by molar-refractivity contribution is 0.559. The Labute approximate surface area is 108 Å². The first-order valence-electron chi connectivity index (χ1n) is 5.87. The Balaban J connectivity index is 1.82. The van der Waals surface area contributed by atoms with Crippen LogP contribution in [0, 0.1) is 5.82 Å². The summed E-state index contributed by atoms with van der Waals surface area (Å²) in [5.74, 6) is 1.03. The van der Waals surface area contributed by atoms with E-state index in [0.717, 1.165) is 30.4 Å². The Morgan fingerprint density at radius 3 is 3.00 bits per heavy atom. The van der Waals surface area contributed by atoms with E-state index >= 15 is 0 Å². The number of aryl methyl sites for hydroxylation is 1. The van der Waals surface area contributed by atoms with Crippen molar-refractivity contribution in [3.05, 3.63) is 23.7 Å². The fraction of sp³-hybridized carbons (Fsp3) is 0.455. The molecule has 1 aliphatic rings. The third-order valence-corrected chi connectivity index (χ3v) is 3.64. The average Bonchev–Trinajstić information content (AvgIpc) is 3.13. The van der Waals surface area contributed by atoms with Gasteiger partial charge in [0.1, 0.15) is 17.2 Å². The molecule has 2 heterocycles. The van der Waals surface area contributed by atoms with Crippen molar-refractivity contribution in [2.75, 3.05) is 0 Å². The Morgan fingerprint density at radius 2 is 2.28 bits per heavy atom. The number of rotatable bonds is 4. The van der Waals surface area contributed by atoms with Crippen LogP contribution >= 0.6 is 11.8 Å². The highest BCUT2D eigenvalue weighted by atomic mass is 32.2. The second kappa shape index (κ2) is 4.64. The molecule has 0 spiro atoms. The Hall–Kier alpha value is -1.50. The highest BCUT2D eigenvalue weighted by Gasteiger charge is 2.27. The second-order valence-electron chi connectivity index (χ2n) is 4.17. The number of hydrogen-bond acceptors (Lipinski definition) is 5. The van der Waals surface area contributed by atoms with Gasteiger partial charge in [0, 0.05) is 5.92 Å². The summed E-state index contributed by atoms with van der Waals surface area (Å²) in [5, 5.41) is 7.75. The van der Waals surface area contributed by atoms with Gasteiger partial charge in [-0.2, -0.15) is 0 Å². The number of nitrogens with zero attached hydrogens (tertiary/aromatic N) is 4. The van der Waals surface area contributed by atoms with E-state index < -0.39 is 0 Å². The van der Waals surface area contributed by atoms with Crippen molar-refractivity contribution in [1.82, 2.24) is 25.1 Å². The Morgan fingerprint density at radius 1 is 1.44 bits per heavy atom. The highest BCUT2D eigenvalue weighted by Crippen LogP contribution is 2.38. The first kappa shape index (κ1) is 11.6. The number of H-pyrrole nitrogens is 1. The number of halogens is 1. The minimum Gasteiger partial charge on any atom is -0.262 e. The molecule has 2 aromatic heterocycles. The van der Waals surface area contributed by atoms with E-state index in [4.69, 9.17) is 0 Å². The van der Waals surface area contributed by atoms with Crippen LogP contribution in [0.4, 0.5) is 4.39 Å². The summed E-state index contributed by atoms with van der Waals surface area (Å²) < 4.78 is 13.9. The molecule has 1 saturated carbocycles. The lowest BCUT2D eigenvalue weighted by atomic mass is 10.3. The smallest absolute Gasteiger partial charge is 0.214 e. The largest absolute Gasteiger partial charge is 0.262 e. The Kier molecular flexibility index (Phi) is 2.99. The zero-order valence-electron chi connectivity index (χ0n) is 9.85. The molecule has 0 unspecified atom stereocenters. The van der Waals surface area contributed by atoms with E-state index in [9.17, 15) is 4.39 Å². The van der Waals surface area contributed by atoms with Crippen molar-refractivity contribution >= 4 is 11.8 Å². The van der Waals surface area contributed by atoms with E-state index in [0.29, 0.717) is 23.2 Å². The van der Waals surface area contributed by atoms with Crippen LogP contribution in [-0.2, 0) is 6.42 Å². The molecule has 5 nitrogen and oxygen atoms in total. The van der Waals surface area contributed by atoms with Crippen molar-refractivity contribution in [3.63, 3.8) is 0 Å². The monoisotopic (exact) mass is 265 g/mol. The summed E-state index contributed by atoms with van der Waals surface area (Å²) in [5.41, 5.74) is 0.422. The van der Waals surface area contributed by atoms with Gasteiger partial charge in [0.15, 0.2) is 5.82 Å². The summed E-state index contributed by atoms with van der Waals surface area (Å²) in [4.78, 5) is 12.2. The second-order valence-corrected chi connectivity index (χ2v) is 5.13. The molecule has 0 bridgehead atoms. The van der Waals surface area contributed by atoms with Crippen molar-refractivity contribution in [2.45, 2.75) is 42.3 Å². The van der Waals surface area contributed by atoms with Crippen LogP contribution in [0.3, 0.4) is 0 Å². The molecule has 0 radical (unpaired) electrons. The molecule has 1 fully saturated rings. The summed E-state index contributed by atoms with van der Waals surface area (Å²) in [7, 11) is 0. The predicted octanol–water partition coefficient (Wildman–Crippen LogP) is 2.32. The van der Waals surface area contributed by atoms with E-state index in [-0.39, 0.29) is 10.8 Å². The van der Waals surface area contributed by atoms with Crippen molar-refractivity contribution in [2.24, 2.45) is 0 Å². The van der Waals surface area contributed by atoms with Gasteiger partial charge in [0.05, 0.1) is 5.69 Å². The standard InChI is InChI=1S/C11H12FN5S/c1-2-7-8(12)10(14-5-13-7)18-11-15-9(16-17-11)6-3-4-6/h5-6H,2-4H2,1H3,(H,15,16,17). The molecule has 18 heavy (non-hydrogen) atoms. The molecular formula is C11H12FN5S. The van der Waals surface area contributed by atoms with Crippen LogP contribution in [-0.4, -0.2) is 25.1 Å². The number of nitrogens with one attached hydrogen (secondary N) is 1. The van der Waals surface area contributed by atoms with Crippen molar-refractivity contribution in [1.29, 1.82) is 0 Å². The zero-order chi connectivity index (χ0) is 12.5. The minimum absolute atomic E-state index is 0.281. The summed E-state index contributed by atoms with van der Waals surface area (Å²) in [6, 6.07) is 0. The molecule has 3 rings (SSSR count). The molecule has 7 heteroatoms. The number of hydrogen-bond donors (Lipinski definition) is 1. The van der Waals surface area contributed by atoms with Gasteiger partial charge in [-0.05, 0) is 31.0 Å². The fourth-order valence-electron chi connectivity index (χ4n) is 1.64. The summed E-state index contributed by atoms with van der Waals surface area (Å²) >= 11 is 1.13. The molecule has 0 amide bonds. The quantitative estimate of drug-likeness (QED) is 0.859. The normalized spacial score (nSPS) is 15.0. The molecule has 2 aromatic rings. The molecule has 1 N–H and O–H groups in total. The van der Waals surface area contributed by atoms with E-state index in [1.165, 1.54) is 6.33 Å². The van der Waals surface area contributed by atoms with Gasteiger partial charge in [-0.15, -0.1) is 5.10 Å². The SMILES string of the molecule is CCc1ncnc(Sc2n[nH]c(C3CC3)n2)c1F. The lowest BCUT2D eigenvalue weighted by Crippen LogP contribution is -1.97. The molecule has 0 aliphatic heterocycles. The van der Waals surface area contributed by atoms with E-state index in [1.807, 2.05) is 6.92 Å². The van der Waals surface area contributed by atoms with E-state index in [2.05, 4.69) is 25.1 Å². The third kappa shape index (κ3) is 2.22. The van der Waals surface area contributed by atoms with Crippen molar-refractivity contribution < 1.29 is 4.39 Å². The van der Waals surface area contributed by atoms with Gasteiger partial charge in [-0.1, -0.05) is 6.92 Å². The van der Waals surface area contributed by atoms with E-state index in [1.54, 1.807) is 0 Å².